The van der Waals surface area contributed by atoms with E-state index in [1.165, 1.54) is 10.6 Å². The summed E-state index contributed by atoms with van der Waals surface area (Å²) in [5.41, 5.74) is 6.14. The van der Waals surface area contributed by atoms with E-state index in [1.807, 2.05) is 51.1 Å². The Bertz CT molecular complexity index is 1310. The van der Waals surface area contributed by atoms with Crippen molar-refractivity contribution in [3.05, 3.63) is 94.0 Å². The van der Waals surface area contributed by atoms with Gasteiger partial charge < -0.3 is 10.1 Å². The van der Waals surface area contributed by atoms with Crippen LogP contribution in [-0.2, 0) is 16.6 Å². The fraction of sp³-hybridized carbons (Fsp3) is 0.345. The Labute approximate surface area is 215 Å². The molecule has 0 aliphatic heterocycles. The molecule has 3 aromatic rings. The lowest BCUT2D eigenvalue weighted by molar-refractivity contribution is 0.0940. The number of carbonyl (C=O) groups is 1. The largest absolute Gasteiger partial charge is 0.496 e. The maximum absolute atomic E-state index is 13.0. The van der Waals surface area contributed by atoms with Crippen LogP contribution >= 0.6 is 0 Å². The molecule has 3 aromatic carbocycles. The Hall–Kier alpha value is -3.32. The molecular formula is C29H36N2O4S. The number of rotatable bonds is 9. The van der Waals surface area contributed by atoms with Gasteiger partial charge in [0, 0.05) is 5.56 Å². The molecule has 1 amide bonds. The van der Waals surface area contributed by atoms with Crippen LogP contribution in [0.5, 0.6) is 5.75 Å². The summed E-state index contributed by atoms with van der Waals surface area (Å²) in [5, 5.41) is 3.07. The Morgan fingerprint density at radius 3 is 2.08 bits per heavy atom. The number of hydrogen-bond acceptors (Lipinski definition) is 4. The van der Waals surface area contributed by atoms with Gasteiger partial charge >= 0.3 is 0 Å². The highest BCUT2D eigenvalue weighted by Gasteiger charge is 2.20. The average molecular weight is 509 g/mol. The van der Waals surface area contributed by atoms with E-state index in [1.54, 1.807) is 31.4 Å². The predicted octanol–water partition coefficient (Wildman–Crippen LogP) is 5.89. The van der Waals surface area contributed by atoms with Crippen LogP contribution in [0.15, 0.2) is 60.7 Å². The van der Waals surface area contributed by atoms with Gasteiger partial charge in [-0.15, -0.1) is 0 Å². The van der Waals surface area contributed by atoms with Crippen LogP contribution in [0.4, 0.5) is 5.69 Å². The first-order chi connectivity index (χ1) is 16.9. The molecule has 36 heavy (non-hydrogen) atoms. The molecular weight excluding hydrogens is 472 g/mol. The SMILES string of the molecule is COc1cc(C)c([C@@H](C)NC(=O)c2ccc(N(Cc3ccc(C)cc3)S(C)(=O)=O)cc2)cc1C(C)C. The van der Waals surface area contributed by atoms with Crippen molar-refractivity contribution in [2.45, 2.75) is 53.1 Å². The summed E-state index contributed by atoms with van der Waals surface area (Å²) in [4.78, 5) is 13.0. The van der Waals surface area contributed by atoms with Gasteiger partial charge in [-0.3, -0.25) is 9.10 Å². The zero-order chi connectivity index (χ0) is 26.6. The number of carbonyl (C=O) groups excluding carboxylic acids is 1. The Morgan fingerprint density at radius 2 is 1.56 bits per heavy atom. The molecule has 7 heteroatoms. The monoisotopic (exact) mass is 508 g/mol. The van der Waals surface area contributed by atoms with Crippen LogP contribution in [0, 0.1) is 13.8 Å². The molecule has 0 fully saturated rings. The summed E-state index contributed by atoms with van der Waals surface area (Å²) < 4.78 is 31.9. The van der Waals surface area contributed by atoms with E-state index < -0.39 is 10.0 Å². The molecule has 0 saturated heterocycles. The molecule has 0 heterocycles. The molecule has 0 aromatic heterocycles. The minimum Gasteiger partial charge on any atom is -0.496 e. The van der Waals surface area contributed by atoms with E-state index >= 15 is 0 Å². The first-order valence-corrected chi connectivity index (χ1v) is 13.9. The number of hydrogen-bond donors (Lipinski definition) is 1. The van der Waals surface area contributed by atoms with Gasteiger partial charge in [0.15, 0.2) is 0 Å². The predicted molar refractivity (Wildman–Crippen MR) is 146 cm³/mol. The van der Waals surface area contributed by atoms with Crippen molar-refractivity contribution in [2.24, 2.45) is 0 Å². The van der Waals surface area contributed by atoms with Crippen molar-refractivity contribution >= 4 is 21.6 Å². The van der Waals surface area contributed by atoms with Crippen LogP contribution < -0.4 is 14.4 Å². The summed E-state index contributed by atoms with van der Waals surface area (Å²) in [7, 11) is -1.85. The minimum atomic E-state index is -3.51. The molecule has 192 valence electrons. The fourth-order valence-corrected chi connectivity index (χ4v) is 5.09. The number of ether oxygens (including phenoxy) is 1. The second kappa shape index (κ2) is 11.2. The second-order valence-corrected chi connectivity index (χ2v) is 11.5. The Morgan fingerprint density at radius 1 is 0.944 bits per heavy atom. The highest BCUT2D eigenvalue weighted by Crippen LogP contribution is 2.32. The number of nitrogens with zero attached hydrogens (tertiary/aromatic N) is 1. The van der Waals surface area contributed by atoms with Crippen LogP contribution in [0.2, 0.25) is 0 Å². The Balaban J connectivity index is 1.79. The van der Waals surface area contributed by atoms with Crippen molar-refractivity contribution in [3.8, 4) is 5.75 Å². The average Bonchev–Trinajstić information content (AvgIpc) is 2.82. The second-order valence-electron chi connectivity index (χ2n) is 9.60. The standard InChI is InChI=1S/C29H36N2O4S/c1-19(2)26-17-27(21(4)16-28(26)35-6)22(5)30-29(32)24-12-14-25(15-13-24)31(36(7,33)34)18-23-10-8-20(3)9-11-23/h8-17,19,22H,18H2,1-7H3,(H,30,32)/t22-/m1/s1. The molecule has 0 spiro atoms. The van der Waals surface area contributed by atoms with E-state index in [2.05, 4.69) is 25.2 Å². The fourth-order valence-electron chi connectivity index (χ4n) is 4.21. The number of benzene rings is 3. The number of aryl methyl sites for hydroxylation is 2. The van der Waals surface area contributed by atoms with E-state index in [0.29, 0.717) is 11.3 Å². The van der Waals surface area contributed by atoms with Crippen LogP contribution in [0.25, 0.3) is 0 Å². The maximum atomic E-state index is 13.0. The van der Waals surface area contributed by atoms with Crippen molar-refractivity contribution in [3.63, 3.8) is 0 Å². The normalized spacial score (nSPS) is 12.3. The summed E-state index contributed by atoms with van der Waals surface area (Å²) in [6.45, 7) is 10.4. The minimum absolute atomic E-state index is 0.213. The number of sulfonamides is 1. The maximum Gasteiger partial charge on any atom is 0.251 e. The molecule has 0 saturated carbocycles. The van der Waals surface area contributed by atoms with Gasteiger partial charge in [-0.05, 0) is 85.3 Å². The van der Waals surface area contributed by atoms with Gasteiger partial charge in [0.05, 0.1) is 31.6 Å². The number of amides is 1. The Kier molecular flexibility index (Phi) is 8.46. The number of methoxy groups -OCH3 is 1. The zero-order valence-electron chi connectivity index (χ0n) is 22.1. The van der Waals surface area contributed by atoms with Gasteiger partial charge in [0.1, 0.15) is 5.75 Å². The highest BCUT2D eigenvalue weighted by molar-refractivity contribution is 7.92. The summed E-state index contributed by atoms with van der Waals surface area (Å²) in [6.07, 6.45) is 1.19. The first kappa shape index (κ1) is 27.3. The molecule has 3 rings (SSSR count). The molecule has 0 aliphatic rings. The van der Waals surface area contributed by atoms with E-state index in [4.69, 9.17) is 4.74 Å². The molecule has 0 bridgehead atoms. The van der Waals surface area contributed by atoms with Gasteiger partial charge in [-0.2, -0.15) is 0 Å². The summed E-state index contributed by atoms with van der Waals surface area (Å²) in [6, 6.07) is 18.3. The lowest BCUT2D eigenvalue weighted by Gasteiger charge is -2.23. The molecule has 0 aliphatic carbocycles. The van der Waals surface area contributed by atoms with Gasteiger partial charge in [0.25, 0.3) is 5.91 Å². The molecule has 0 radical (unpaired) electrons. The lowest BCUT2D eigenvalue weighted by Crippen LogP contribution is -2.30. The van der Waals surface area contributed by atoms with E-state index in [9.17, 15) is 13.2 Å². The van der Waals surface area contributed by atoms with Crippen molar-refractivity contribution in [1.29, 1.82) is 0 Å². The van der Waals surface area contributed by atoms with Crippen molar-refractivity contribution in [2.75, 3.05) is 17.7 Å². The van der Waals surface area contributed by atoms with Gasteiger partial charge in [0.2, 0.25) is 10.0 Å². The molecule has 6 nitrogen and oxygen atoms in total. The third-order valence-electron chi connectivity index (χ3n) is 6.32. The van der Waals surface area contributed by atoms with Crippen LogP contribution in [0.3, 0.4) is 0 Å². The molecule has 1 atom stereocenters. The number of nitrogens with one attached hydrogen (secondary N) is 1. The molecule has 1 N–H and O–H groups in total. The zero-order valence-corrected chi connectivity index (χ0v) is 22.9. The highest BCUT2D eigenvalue weighted by atomic mass is 32.2. The lowest BCUT2D eigenvalue weighted by atomic mass is 9.93. The quantitative estimate of drug-likeness (QED) is 0.391. The smallest absolute Gasteiger partial charge is 0.251 e. The first-order valence-electron chi connectivity index (χ1n) is 12.0. The number of anilines is 1. The third-order valence-corrected chi connectivity index (χ3v) is 7.46. The molecule has 0 unspecified atom stereocenters. The summed E-state index contributed by atoms with van der Waals surface area (Å²) in [5.74, 6) is 0.911. The van der Waals surface area contributed by atoms with E-state index in [-0.39, 0.29) is 24.4 Å². The van der Waals surface area contributed by atoms with Gasteiger partial charge in [-0.25, -0.2) is 8.42 Å². The van der Waals surface area contributed by atoms with Gasteiger partial charge in [-0.1, -0.05) is 43.7 Å². The topological polar surface area (TPSA) is 75.7 Å². The van der Waals surface area contributed by atoms with Crippen molar-refractivity contribution < 1.29 is 17.9 Å². The van der Waals surface area contributed by atoms with Crippen LogP contribution in [-0.4, -0.2) is 27.7 Å². The van der Waals surface area contributed by atoms with E-state index in [0.717, 1.165) is 33.6 Å². The van der Waals surface area contributed by atoms with Crippen molar-refractivity contribution in [1.82, 2.24) is 5.32 Å². The summed E-state index contributed by atoms with van der Waals surface area (Å²) >= 11 is 0. The van der Waals surface area contributed by atoms with Crippen LogP contribution in [0.1, 0.15) is 70.9 Å². The third kappa shape index (κ3) is 6.46.